The van der Waals surface area contributed by atoms with E-state index >= 15 is 0 Å². The van der Waals surface area contributed by atoms with Crippen molar-refractivity contribution in [3.05, 3.63) is 23.9 Å². The van der Waals surface area contributed by atoms with Gasteiger partial charge in [0.2, 0.25) is 5.91 Å². The maximum absolute atomic E-state index is 13.3. The van der Waals surface area contributed by atoms with Crippen LogP contribution in [-0.2, 0) is 20.4 Å². The summed E-state index contributed by atoms with van der Waals surface area (Å²) in [7, 11) is 0. The van der Waals surface area contributed by atoms with Crippen molar-refractivity contribution < 1.29 is 27.4 Å². The molecule has 3 saturated heterocycles. The summed E-state index contributed by atoms with van der Waals surface area (Å²) in [5.41, 5.74) is -0.751. The molecule has 1 atom stereocenters. The van der Waals surface area contributed by atoms with Gasteiger partial charge in [0.05, 0.1) is 24.7 Å². The van der Waals surface area contributed by atoms with Crippen molar-refractivity contribution in [2.45, 2.75) is 37.6 Å². The van der Waals surface area contributed by atoms with Crippen LogP contribution in [0.1, 0.15) is 31.2 Å². The van der Waals surface area contributed by atoms with E-state index in [0.29, 0.717) is 58.5 Å². The van der Waals surface area contributed by atoms with Gasteiger partial charge in [0.15, 0.2) is 5.79 Å². The van der Waals surface area contributed by atoms with E-state index < -0.39 is 17.5 Å². The Morgan fingerprint density at radius 1 is 1.18 bits per heavy atom. The molecule has 3 aliphatic heterocycles. The first-order valence-corrected chi connectivity index (χ1v) is 9.72. The van der Waals surface area contributed by atoms with Gasteiger partial charge in [-0.15, -0.1) is 0 Å². The first kappa shape index (κ1) is 19.4. The average Bonchev–Trinajstić information content (AvgIpc) is 3.15. The predicted molar refractivity (Wildman–Crippen MR) is 94.6 cm³/mol. The van der Waals surface area contributed by atoms with E-state index in [0.717, 1.165) is 6.07 Å². The number of hydrogen-bond donors (Lipinski definition) is 0. The standard InChI is InChI=1S/C19H24F3N3O3/c20-19(21,22)15-4-1-7-23-16(15)25-8-2-3-14(13-25)17(26)24-9-5-18(6-10-24)27-11-12-28-18/h1,4,7,14H,2-3,5-6,8-13H2. The fourth-order valence-corrected chi connectivity index (χ4v) is 4.35. The highest BCUT2D eigenvalue weighted by molar-refractivity contribution is 5.80. The smallest absolute Gasteiger partial charge is 0.355 e. The second-order valence-corrected chi connectivity index (χ2v) is 7.59. The summed E-state index contributed by atoms with van der Waals surface area (Å²) in [5, 5.41) is 0. The molecule has 0 saturated carbocycles. The van der Waals surface area contributed by atoms with Crippen LogP contribution in [0.4, 0.5) is 19.0 Å². The maximum atomic E-state index is 13.3. The van der Waals surface area contributed by atoms with Gasteiger partial charge < -0.3 is 19.3 Å². The van der Waals surface area contributed by atoms with Gasteiger partial charge in [0.25, 0.3) is 0 Å². The molecule has 0 bridgehead atoms. The number of likely N-dealkylation sites (tertiary alicyclic amines) is 1. The number of aromatic nitrogens is 1. The van der Waals surface area contributed by atoms with Crippen molar-refractivity contribution in [2.24, 2.45) is 5.92 Å². The van der Waals surface area contributed by atoms with Gasteiger partial charge in [-0.25, -0.2) is 4.98 Å². The van der Waals surface area contributed by atoms with Crippen molar-refractivity contribution in [1.29, 1.82) is 0 Å². The molecule has 4 heterocycles. The van der Waals surface area contributed by atoms with Crippen LogP contribution in [0.3, 0.4) is 0 Å². The molecule has 1 aromatic heterocycles. The molecule has 6 nitrogen and oxygen atoms in total. The Labute approximate surface area is 161 Å². The third-order valence-electron chi connectivity index (χ3n) is 5.81. The molecule has 154 valence electrons. The summed E-state index contributed by atoms with van der Waals surface area (Å²) in [4.78, 5) is 20.4. The zero-order valence-corrected chi connectivity index (χ0v) is 15.6. The van der Waals surface area contributed by atoms with Gasteiger partial charge in [-0.05, 0) is 25.0 Å². The zero-order chi connectivity index (χ0) is 19.8. The average molecular weight is 399 g/mol. The lowest BCUT2D eigenvalue weighted by molar-refractivity contribution is -0.188. The summed E-state index contributed by atoms with van der Waals surface area (Å²) in [6.07, 6.45) is -0.502. The Bertz CT molecular complexity index is 712. The SMILES string of the molecule is O=C(C1CCCN(c2ncccc2C(F)(F)F)C1)N1CCC2(CC1)OCCO2. The Morgan fingerprint density at radius 3 is 2.57 bits per heavy atom. The second kappa shape index (κ2) is 7.51. The first-order chi connectivity index (χ1) is 13.4. The molecule has 9 heteroatoms. The molecule has 0 aromatic carbocycles. The molecule has 3 aliphatic rings. The van der Waals surface area contributed by atoms with E-state index in [1.807, 2.05) is 0 Å². The molecular weight excluding hydrogens is 375 g/mol. The highest BCUT2D eigenvalue weighted by atomic mass is 19.4. The van der Waals surface area contributed by atoms with Crippen molar-refractivity contribution >= 4 is 11.7 Å². The fraction of sp³-hybridized carbons (Fsp3) is 0.684. The Morgan fingerprint density at radius 2 is 1.89 bits per heavy atom. The monoisotopic (exact) mass is 399 g/mol. The number of rotatable bonds is 2. The van der Waals surface area contributed by atoms with E-state index in [2.05, 4.69) is 4.98 Å². The molecule has 1 spiro atoms. The number of carbonyl (C=O) groups is 1. The number of nitrogens with zero attached hydrogens (tertiary/aromatic N) is 3. The van der Waals surface area contributed by atoms with E-state index in [9.17, 15) is 18.0 Å². The number of halogens is 3. The highest BCUT2D eigenvalue weighted by Gasteiger charge is 2.42. The maximum Gasteiger partial charge on any atom is 0.419 e. The summed E-state index contributed by atoms with van der Waals surface area (Å²) in [5.74, 6) is -0.957. The van der Waals surface area contributed by atoms with E-state index in [1.54, 1.807) is 9.80 Å². The molecule has 3 fully saturated rings. The van der Waals surface area contributed by atoms with Gasteiger partial charge >= 0.3 is 6.18 Å². The Balaban J connectivity index is 1.43. The van der Waals surface area contributed by atoms with E-state index in [-0.39, 0.29) is 24.2 Å². The molecular formula is C19H24F3N3O3. The summed E-state index contributed by atoms with van der Waals surface area (Å²) in [6.45, 7) is 2.98. The quantitative estimate of drug-likeness (QED) is 0.766. The minimum Gasteiger partial charge on any atom is -0.355 e. The number of amides is 1. The lowest BCUT2D eigenvalue weighted by atomic mass is 9.94. The normalized spacial score (nSPS) is 25.3. The van der Waals surface area contributed by atoms with Crippen molar-refractivity contribution in [3.8, 4) is 0 Å². The van der Waals surface area contributed by atoms with Gasteiger partial charge in [-0.2, -0.15) is 13.2 Å². The van der Waals surface area contributed by atoms with E-state index in [4.69, 9.17) is 9.47 Å². The molecule has 0 N–H and O–H groups in total. The minimum atomic E-state index is -4.47. The molecule has 1 unspecified atom stereocenters. The fourth-order valence-electron chi connectivity index (χ4n) is 4.35. The third-order valence-corrected chi connectivity index (χ3v) is 5.81. The number of piperidine rings is 2. The van der Waals surface area contributed by atoms with Gasteiger partial charge in [-0.1, -0.05) is 0 Å². The summed E-state index contributed by atoms with van der Waals surface area (Å²) in [6, 6.07) is 2.33. The summed E-state index contributed by atoms with van der Waals surface area (Å²) < 4.78 is 51.4. The van der Waals surface area contributed by atoms with Crippen LogP contribution in [0.25, 0.3) is 0 Å². The first-order valence-electron chi connectivity index (χ1n) is 9.72. The van der Waals surface area contributed by atoms with Crippen LogP contribution < -0.4 is 4.90 Å². The minimum absolute atomic E-state index is 0.00189. The zero-order valence-electron chi connectivity index (χ0n) is 15.6. The van der Waals surface area contributed by atoms with Crippen LogP contribution in [0.2, 0.25) is 0 Å². The molecule has 1 amide bonds. The number of anilines is 1. The molecule has 0 radical (unpaired) electrons. The van der Waals surface area contributed by atoms with Gasteiger partial charge in [0, 0.05) is 45.2 Å². The lowest BCUT2D eigenvalue weighted by Gasteiger charge is -2.41. The van der Waals surface area contributed by atoms with Crippen molar-refractivity contribution in [3.63, 3.8) is 0 Å². The topological polar surface area (TPSA) is 54.9 Å². The van der Waals surface area contributed by atoms with Gasteiger partial charge in [-0.3, -0.25) is 4.79 Å². The van der Waals surface area contributed by atoms with Crippen LogP contribution in [0.5, 0.6) is 0 Å². The van der Waals surface area contributed by atoms with Gasteiger partial charge in [0.1, 0.15) is 5.82 Å². The molecule has 28 heavy (non-hydrogen) atoms. The van der Waals surface area contributed by atoms with E-state index in [1.165, 1.54) is 12.3 Å². The summed E-state index contributed by atoms with van der Waals surface area (Å²) >= 11 is 0. The van der Waals surface area contributed by atoms with Crippen LogP contribution in [0.15, 0.2) is 18.3 Å². The number of hydrogen-bond acceptors (Lipinski definition) is 5. The second-order valence-electron chi connectivity index (χ2n) is 7.59. The number of ether oxygens (including phenoxy) is 2. The number of pyridine rings is 1. The van der Waals surface area contributed by atoms with Crippen LogP contribution in [0, 0.1) is 5.92 Å². The Hall–Kier alpha value is -1.87. The molecule has 0 aliphatic carbocycles. The Kier molecular flexibility index (Phi) is 5.22. The largest absolute Gasteiger partial charge is 0.419 e. The van der Waals surface area contributed by atoms with Crippen LogP contribution in [-0.4, -0.2) is 61.0 Å². The van der Waals surface area contributed by atoms with Crippen molar-refractivity contribution in [2.75, 3.05) is 44.3 Å². The number of carbonyl (C=O) groups excluding carboxylic acids is 1. The molecule has 1 aromatic rings. The molecule has 4 rings (SSSR count). The van der Waals surface area contributed by atoms with Crippen molar-refractivity contribution in [1.82, 2.24) is 9.88 Å². The predicted octanol–water partition coefficient (Wildman–Crippen LogP) is 2.68. The third kappa shape index (κ3) is 3.82. The number of alkyl halides is 3. The lowest BCUT2D eigenvalue weighted by Crippen LogP contribution is -2.51. The van der Waals surface area contributed by atoms with Crippen LogP contribution >= 0.6 is 0 Å². The highest BCUT2D eigenvalue weighted by Crippen LogP contribution is 2.37.